The van der Waals surface area contributed by atoms with Gasteiger partial charge in [-0.3, -0.25) is 4.79 Å². The van der Waals surface area contributed by atoms with Crippen LogP contribution in [-0.4, -0.2) is 29.1 Å². The number of hydrogen-bond donors (Lipinski definition) is 2. The highest BCUT2D eigenvalue weighted by Gasteiger charge is 2.24. The summed E-state index contributed by atoms with van der Waals surface area (Å²) < 4.78 is 5.14. The minimum absolute atomic E-state index is 0.0925. The number of nitrogens with one attached hydrogen (secondary N) is 2. The molecule has 3 rings (SSSR count). The van der Waals surface area contributed by atoms with Crippen molar-refractivity contribution in [3.63, 3.8) is 0 Å². The number of thiophene rings is 1. The van der Waals surface area contributed by atoms with Gasteiger partial charge in [0.2, 0.25) is 5.89 Å². The lowest BCUT2D eigenvalue weighted by Gasteiger charge is -2.02. The quantitative estimate of drug-likeness (QED) is 0.873. The molecule has 1 atom stereocenters. The van der Waals surface area contributed by atoms with E-state index in [4.69, 9.17) is 4.52 Å². The molecule has 0 radical (unpaired) electrons. The van der Waals surface area contributed by atoms with Gasteiger partial charge < -0.3 is 15.2 Å². The van der Waals surface area contributed by atoms with Crippen LogP contribution in [0, 0.1) is 0 Å². The molecular formula is C13H16N4O2S. The van der Waals surface area contributed by atoms with Crippen LogP contribution in [0.4, 0.5) is 0 Å². The molecule has 2 aromatic heterocycles. The second kappa shape index (κ2) is 6.15. The molecule has 0 aromatic carbocycles. The van der Waals surface area contributed by atoms with Crippen molar-refractivity contribution in [2.75, 3.05) is 13.1 Å². The lowest BCUT2D eigenvalue weighted by molar-refractivity contribution is 0.0941. The van der Waals surface area contributed by atoms with Crippen LogP contribution in [0.1, 0.15) is 41.0 Å². The van der Waals surface area contributed by atoms with Gasteiger partial charge in [-0.15, -0.1) is 0 Å². The van der Waals surface area contributed by atoms with E-state index in [1.165, 1.54) is 5.56 Å². The maximum atomic E-state index is 11.9. The van der Waals surface area contributed by atoms with Crippen molar-refractivity contribution in [3.05, 3.63) is 34.1 Å². The zero-order valence-corrected chi connectivity index (χ0v) is 11.8. The Labute approximate surface area is 120 Å². The Morgan fingerprint density at radius 3 is 3.30 bits per heavy atom. The minimum atomic E-state index is -0.284. The molecule has 1 aliphatic heterocycles. The number of amides is 1. The van der Waals surface area contributed by atoms with Crippen molar-refractivity contribution in [2.24, 2.45) is 0 Å². The summed E-state index contributed by atoms with van der Waals surface area (Å²) in [6, 6.07) is 2.14. The van der Waals surface area contributed by atoms with Gasteiger partial charge >= 0.3 is 0 Å². The number of carbonyl (C=O) groups is 1. The summed E-state index contributed by atoms with van der Waals surface area (Å²) in [6.07, 6.45) is 2.88. The molecule has 0 saturated carbocycles. The first-order valence-electron chi connectivity index (χ1n) is 6.69. The van der Waals surface area contributed by atoms with E-state index >= 15 is 0 Å². The standard InChI is InChI=1S/C13H16N4O2S/c18-12(15-6-3-9-4-7-20-8-9)11-16-13(19-17-11)10-2-1-5-14-10/h4,7-8,10,14H,1-3,5-6H2,(H,15,18). The van der Waals surface area contributed by atoms with Gasteiger partial charge in [0, 0.05) is 6.54 Å². The Kier molecular flexibility index (Phi) is 4.08. The zero-order chi connectivity index (χ0) is 13.8. The monoisotopic (exact) mass is 292 g/mol. The molecule has 0 bridgehead atoms. The molecule has 7 heteroatoms. The maximum Gasteiger partial charge on any atom is 0.292 e. The summed E-state index contributed by atoms with van der Waals surface area (Å²) >= 11 is 1.65. The lowest BCUT2D eigenvalue weighted by atomic mass is 10.2. The molecule has 1 unspecified atom stereocenters. The predicted molar refractivity (Wildman–Crippen MR) is 74.6 cm³/mol. The first kappa shape index (κ1) is 13.3. The molecule has 1 fully saturated rings. The summed E-state index contributed by atoms with van der Waals surface area (Å²) in [5.74, 6) is 0.331. The van der Waals surface area contributed by atoms with Crippen LogP contribution in [0.15, 0.2) is 21.3 Å². The molecule has 0 spiro atoms. The molecule has 1 amide bonds. The highest BCUT2D eigenvalue weighted by atomic mass is 32.1. The summed E-state index contributed by atoms with van der Waals surface area (Å²) in [5.41, 5.74) is 1.22. The third-order valence-electron chi connectivity index (χ3n) is 3.28. The summed E-state index contributed by atoms with van der Waals surface area (Å²) in [6.45, 7) is 1.52. The SMILES string of the molecule is O=C(NCCc1ccsc1)c1noc(C2CCCN2)n1. The summed E-state index contributed by atoms with van der Waals surface area (Å²) in [5, 5.41) is 13.9. The van der Waals surface area contributed by atoms with Crippen LogP contribution in [0.5, 0.6) is 0 Å². The van der Waals surface area contributed by atoms with E-state index in [0.29, 0.717) is 12.4 Å². The molecule has 1 aliphatic rings. The molecule has 106 valence electrons. The Morgan fingerprint density at radius 1 is 1.60 bits per heavy atom. The second-order valence-corrected chi connectivity index (χ2v) is 5.52. The number of hydrogen-bond acceptors (Lipinski definition) is 6. The summed E-state index contributed by atoms with van der Waals surface area (Å²) in [7, 11) is 0. The Balaban J connectivity index is 1.51. The van der Waals surface area contributed by atoms with Crippen molar-refractivity contribution in [2.45, 2.75) is 25.3 Å². The topological polar surface area (TPSA) is 80.0 Å². The highest BCUT2D eigenvalue weighted by molar-refractivity contribution is 7.07. The highest BCUT2D eigenvalue weighted by Crippen LogP contribution is 2.20. The van der Waals surface area contributed by atoms with E-state index in [1.54, 1.807) is 11.3 Å². The van der Waals surface area contributed by atoms with Crippen LogP contribution < -0.4 is 10.6 Å². The van der Waals surface area contributed by atoms with Gasteiger partial charge in [0.15, 0.2) is 0 Å². The van der Waals surface area contributed by atoms with E-state index in [1.807, 2.05) is 5.38 Å². The van der Waals surface area contributed by atoms with E-state index in [-0.39, 0.29) is 17.8 Å². The average molecular weight is 292 g/mol. The first-order chi connectivity index (χ1) is 9.83. The average Bonchev–Trinajstić information content (AvgIpc) is 3.20. The van der Waals surface area contributed by atoms with Crippen LogP contribution in [0.25, 0.3) is 0 Å². The van der Waals surface area contributed by atoms with Gasteiger partial charge in [0.1, 0.15) is 0 Å². The molecule has 3 heterocycles. The maximum absolute atomic E-state index is 11.9. The van der Waals surface area contributed by atoms with E-state index < -0.39 is 0 Å². The Hall–Kier alpha value is -1.73. The van der Waals surface area contributed by atoms with Gasteiger partial charge in [-0.2, -0.15) is 16.3 Å². The predicted octanol–water partition coefficient (Wildman–Crippen LogP) is 1.53. The van der Waals surface area contributed by atoms with Gasteiger partial charge in [0.05, 0.1) is 6.04 Å². The molecule has 2 aromatic rings. The van der Waals surface area contributed by atoms with Gasteiger partial charge in [-0.05, 0) is 48.2 Å². The van der Waals surface area contributed by atoms with E-state index in [2.05, 4.69) is 32.2 Å². The Bertz CT molecular complexity index is 561. The van der Waals surface area contributed by atoms with Crippen LogP contribution >= 0.6 is 11.3 Å². The largest absolute Gasteiger partial charge is 0.349 e. The van der Waals surface area contributed by atoms with Gasteiger partial charge in [0.25, 0.3) is 11.7 Å². The van der Waals surface area contributed by atoms with Crippen molar-refractivity contribution >= 4 is 17.2 Å². The molecule has 2 N–H and O–H groups in total. The first-order valence-corrected chi connectivity index (χ1v) is 7.63. The van der Waals surface area contributed by atoms with Crippen molar-refractivity contribution in [1.29, 1.82) is 0 Å². The molecule has 0 aliphatic carbocycles. The fraction of sp³-hybridized carbons (Fsp3) is 0.462. The number of carbonyl (C=O) groups excluding carboxylic acids is 1. The third kappa shape index (κ3) is 3.05. The van der Waals surface area contributed by atoms with Gasteiger partial charge in [-0.25, -0.2) is 0 Å². The smallest absolute Gasteiger partial charge is 0.292 e. The number of nitrogens with zero attached hydrogens (tertiary/aromatic N) is 2. The molecule has 20 heavy (non-hydrogen) atoms. The normalized spacial score (nSPS) is 18.3. The second-order valence-electron chi connectivity index (χ2n) is 4.74. The summed E-state index contributed by atoms with van der Waals surface area (Å²) in [4.78, 5) is 16.0. The Morgan fingerprint density at radius 2 is 2.55 bits per heavy atom. The van der Waals surface area contributed by atoms with Crippen molar-refractivity contribution < 1.29 is 9.32 Å². The van der Waals surface area contributed by atoms with Crippen molar-refractivity contribution in [1.82, 2.24) is 20.8 Å². The third-order valence-corrected chi connectivity index (χ3v) is 4.01. The van der Waals surface area contributed by atoms with Crippen molar-refractivity contribution in [3.8, 4) is 0 Å². The lowest BCUT2D eigenvalue weighted by Crippen LogP contribution is -2.26. The molecule has 1 saturated heterocycles. The fourth-order valence-corrected chi connectivity index (χ4v) is 2.90. The van der Waals surface area contributed by atoms with Crippen LogP contribution in [-0.2, 0) is 6.42 Å². The van der Waals surface area contributed by atoms with E-state index in [0.717, 1.165) is 25.8 Å². The minimum Gasteiger partial charge on any atom is -0.349 e. The van der Waals surface area contributed by atoms with Crippen LogP contribution in [0.2, 0.25) is 0 Å². The van der Waals surface area contributed by atoms with Gasteiger partial charge in [-0.1, -0.05) is 5.16 Å². The molecular weight excluding hydrogens is 276 g/mol. The van der Waals surface area contributed by atoms with Crippen LogP contribution in [0.3, 0.4) is 0 Å². The number of aromatic nitrogens is 2. The van der Waals surface area contributed by atoms with E-state index in [9.17, 15) is 4.79 Å². The zero-order valence-electron chi connectivity index (χ0n) is 11.0. The fourth-order valence-electron chi connectivity index (χ4n) is 2.20. The molecule has 6 nitrogen and oxygen atoms in total. The number of rotatable bonds is 5.